The van der Waals surface area contributed by atoms with Gasteiger partial charge in [-0.1, -0.05) is 0 Å². The number of fused-ring (bicyclic) bond motifs is 1. The number of ether oxygens (including phenoxy) is 1. The van der Waals surface area contributed by atoms with E-state index in [1.807, 2.05) is 16.9 Å². The molecule has 4 heterocycles. The third kappa shape index (κ3) is 3.59. The van der Waals surface area contributed by atoms with E-state index in [2.05, 4.69) is 21.3 Å². The molecule has 2 aromatic rings. The summed E-state index contributed by atoms with van der Waals surface area (Å²) in [6.07, 6.45) is 5.23. The normalized spacial score (nSPS) is 22.1. The van der Waals surface area contributed by atoms with Gasteiger partial charge in [0.25, 0.3) is 0 Å². The molecule has 1 N–H and O–H groups in total. The summed E-state index contributed by atoms with van der Waals surface area (Å²) in [5.74, 6) is 0.434. The summed E-state index contributed by atoms with van der Waals surface area (Å²) in [7, 11) is 0. The molecule has 2 saturated heterocycles. The Morgan fingerprint density at radius 3 is 3.00 bits per heavy atom. The Balaban J connectivity index is 1.52. The molecule has 7 heteroatoms. The molecule has 0 aromatic carbocycles. The van der Waals surface area contributed by atoms with Gasteiger partial charge in [-0.25, -0.2) is 9.67 Å². The van der Waals surface area contributed by atoms with Crippen molar-refractivity contribution in [2.75, 3.05) is 32.8 Å². The number of aromatic nitrogens is 3. The SMILES string of the molecule is CC(=O)NCCn1nc(C2CCN(C3CCOCC3)C2)c2cccnc21. The Labute approximate surface area is 153 Å². The van der Waals surface area contributed by atoms with Crippen molar-refractivity contribution in [3.05, 3.63) is 24.0 Å². The van der Waals surface area contributed by atoms with Crippen molar-refractivity contribution in [1.82, 2.24) is 25.0 Å². The largest absolute Gasteiger partial charge is 0.381 e. The minimum atomic E-state index is -0.0162. The van der Waals surface area contributed by atoms with Crippen molar-refractivity contribution in [1.29, 1.82) is 0 Å². The quantitative estimate of drug-likeness (QED) is 0.879. The maximum atomic E-state index is 11.1. The highest BCUT2D eigenvalue weighted by molar-refractivity contribution is 5.79. The van der Waals surface area contributed by atoms with E-state index < -0.39 is 0 Å². The molecule has 1 amide bonds. The molecule has 1 unspecified atom stereocenters. The lowest BCUT2D eigenvalue weighted by Gasteiger charge is -2.30. The van der Waals surface area contributed by atoms with Crippen LogP contribution >= 0.6 is 0 Å². The fourth-order valence-electron chi connectivity index (χ4n) is 4.22. The standard InChI is InChI=1S/C19H27N5O2/c1-14(25)20-8-10-24-19-17(3-2-7-21-19)18(22-24)15-4-9-23(13-15)16-5-11-26-12-6-16/h2-3,7,15-16H,4-6,8-13H2,1H3,(H,20,25). The van der Waals surface area contributed by atoms with Crippen molar-refractivity contribution < 1.29 is 9.53 Å². The average Bonchev–Trinajstić information content (AvgIpc) is 3.28. The fraction of sp³-hybridized carbons (Fsp3) is 0.632. The van der Waals surface area contributed by atoms with E-state index in [-0.39, 0.29) is 5.91 Å². The molecule has 1 atom stereocenters. The second kappa shape index (κ2) is 7.72. The topological polar surface area (TPSA) is 72.3 Å². The van der Waals surface area contributed by atoms with Crippen LogP contribution in [-0.4, -0.2) is 64.5 Å². The van der Waals surface area contributed by atoms with E-state index in [1.54, 1.807) is 0 Å². The van der Waals surface area contributed by atoms with E-state index in [0.717, 1.165) is 62.3 Å². The second-order valence-corrected chi connectivity index (χ2v) is 7.29. The van der Waals surface area contributed by atoms with E-state index in [4.69, 9.17) is 9.84 Å². The average molecular weight is 357 g/mol. The van der Waals surface area contributed by atoms with Crippen LogP contribution in [0.15, 0.2) is 18.3 Å². The lowest BCUT2D eigenvalue weighted by molar-refractivity contribution is -0.118. The number of hydrogen-bond donors (Lipinski definition) is 1. The van der Waals surface area contributed by atoms with Gasteiger partial charge in [0.15, 0.2) is 5.65 Å². The van der Waals surface area contributed by atoms with Gasteiger partial charge in [-0.3, -0.25) is 9.69 Å². The summed E-state index contributed by atoms with van der Waals surface area (Å²) >= 11 is 0. The molecule has 0 radical (unpaired) electrons. The van der Waals surface area contributed by atoms with Crippen LogP contribution in [0.2, 0.25) is 0 Å². The van der Waals surface area contributed by atoms with E-state index in [9.17, 15) is 4.79 Å². The van der Waals surface area contributed by atoms with Crippen molar-refractivity contribution in [3.63, 3.8) is 0 Å². The van der Waals surface area contributed by atoms with E-state index >= 15 is 0 Å². The maximum absolute atomic E-state index is 11.1. The second-order valence-electron chi connectivity index (χ2n) is 7.29. The molecule has 4 rings (SSSR count). The van der Waals surface area contributed by atoms with E-state index in [0.29, 0.717) is 25.0 Å². The first kappa shape index (κ1) is 17.4. The number of rotatable bonds is 5. The van der Waals surface area contributed by atoms with Gasteiger partial charge in [0, 0.05) is 56.8 Å². The zero-order chi connectivity index (χ0) is 17.9. The Hall–Kier alpha value is -1.99. The summed E-state index contributed by atoms with van der Waals surface area (Å²) < 4.78 is 7.45. The molecule has 7 nitrogen and oxygen atoms in total. The van der Waals surface area contributed by atoms with Crippen molar-refractivity contribution in [2.24, 2.45) is 0 Å². The maximum Gasteiger partial charge on any atom is 0.216 e. The molecule has 0 bridgehead atoms. The van der Waals surface area contributed by atoms with Crippen molar-refractivity contribution in [3.8, 4) is 0 Å². The van der Waals surface area contributed by atoms with Crippen LogP contribution < -0.4 is 5.32 Å². The molecule has 0 aliphatic carbocycles. The van der Waals surface area contributed by atoms with Gasteiger partial charge in [-0.05, 0) is 37.9 Å². The molecule has 2 fully saturated rings. The van der Waals surface area contributed by atoms with Gasteiger partial charge in [0.2, 0.25) is 5.91 Å². The predicted molar refractivity (Wildman–Crippen MR) is 99.0 cm³/mol. The highest BCUT2D eigenvalue weighted by Crippen LogP contribution is 2.33. The zero-order valence-corrected chi connectivity index (χ0v) is 15.4. The van der Waals surface area contributed by atoms with Crippen molar-refractivity contribution in [2.45, 2.75) is 44.7 Å². The number of carbonyl (C=O) groups is 1. The molecule has 140 valence electrons. The van der Waals surface area contributed by atoms with Crippen LogP contribution in [0.5, 0.6) is 0 Å². The smallest absolute Gasteiger partial charge is 0.216 e. The summed E-state index contributed by atoms with van der Waals surface area (Å²) in [5.41, 5.74) is 2.07. The number of nitrogens with zero attached hydrogens (tertiary/aromatic N) is 4. The molecule has 26 heavy (non-hydrogen) atoms. The molecule has 2 aliphatic rings. The number of nitrogens with one attached hydrogen (secondary N) is 1. The third-order valence-electron chi connectivity index (χ3n) is 5.55. The summed E-state index contributed by atoms with van der Waals surface area (Å²) in [4.78, 5) is 18.3. The Bertz CT molecular complexity index is 768. The van der Waals surface area contributed by atoms with Gasteiger partial charge in [-0.2, -0.15) is 5.10 Å². The zero-order valence-electron chi connectivity index (χ0n) is 15.4. The highest BCUT2D eigenvalue weighted by atomic mass is 16.5. The summed E-state index contributed by atoms with van der Waals surface area (Å²) in [5, 5.41) is 8.89. The molecule has 2 aliphatic heterocycles. The Morgan fingerprint density at radius 1 is 1.35 bits per heavy atom. The number of hydrogen-bond acceptors (Lipinski definition) is 5. The number of amides is 1. The monoisotopic (exact) mass is 357 g/mol. The van der Waals surface area contributed by atoms with Crippen LogP contribution in [0.25, 0.3) is 11.0 Å². The van der Waals surface area contributed by atoms with Gasteiger partial charge in [0.1, 0.15) is 0 Å². The first-order valence-electron chi connectivity index (χ1n) is 9.60. The molecule has 2 aromatic heterocycles. The van der Waals surface area contributed by atoms with Crippen LogP contribution in [0.4, 0.5) is 0 Å². The van der Waals surface area contributed by atoms with Gasteiger partial charge < -0.3 is 10.1 Å². The predicted octanol–water partition coefficient (Wildman–Crippen LogP) is 1.54. The van der Waals surface area contributed by atoms with Crippen LogP contribution in [0.1, 0.15) is 37.8 Å². The van der Waals surface area contributed by atoms with Crippen LogP contribution in [0, 0.1) is 0 Å². The van der Waals surface area contributed by atoms with Gasteiger partial charge in [0.05, 0.1) is 12.2 Å². The lowest BCUT2D eigenvalue weighted by atomic mass is 10.0. The lowest BCUT2D eigenvalue weighted by Crippen LogP contribution is -2.37. The van der Waals surface area contributed by atoms with Gasteiger partial charge in [-0.15, -0.1) is 0 Å². The Morgan fingerprint density at radius 2 is 2.19 bits per heavy atom. The number of pyridine rings is 1. The van der Waals surface area contributed by atoms with E-state index in [1.165, 1.54) is 6.92 Å². The van der Waals surface area contributed by atoms with Crippen LogP contribution in [0.3, 0.4) is 0 Å². The third-order valence-corrected chi connectivity index (χ3v) is 5.55. The fourth-order valence-corrected chi connectivity index (χ4v) is 4.22. The molecule has 0 saturated carbocycles. The number of carbonyl (C=O) groups excluding carboxylic acids is 1. The summed E-state index contributed by atoms with van der Waals surface area (Å²) in [6, 6.07) is 4.76. The highest BCUT2D eigenvalue weighted by Gasteiger charge is 2.32. The van der Waals surface area contributed by atoms with Gasteiger partial charge >= 0.3 is 0 Å². The van der Waals surface area contributed by atoms with Crippen LogP contribution in [-0.2, 0) is 16.1 Å². The minimum absolute atomic E-state index is 0.0162. The Kier molecular flexibility index (Phi) is 5.17. The molecule has 0 spiro atoms. The first-order valence-corrected chi connectivity index (χ1v) is 9.60. The number of likely N-dealkylation sites (tertiary alicyclic amines) is 1. The minimum Gasteiger partial charge on any atom is -0.381 e. The van der Waals surface area contributed by atoms with Crippen molar-refractivity contribution >= 4 is 16.9 Å². The summed E-state index contributed by atoms with van der Waals surface area (Å²) in [6.45, 7) is 6.72. The first-order chi connectivity index (χ1) is 12.7. The molecular formula is C19H27N5O2. The molecular weight excluding hydrogens is 330 g/mol.